The van der Waals surface area contributed by atoms with Crippen molar-refractivity contribution >= 4 is 6.21 Å². The van der Waals surface area contributed by atoms with E-state index in [1.54, 1.807) is 0 Å². The van der Waals surface area contributed by atoms with Crippen LogP contribution in [0.1, 0.15) is 46.0 Å². The van der Waals surface area contributed by atoms with Gasteiger partial charge in [-0.2, -0.15) is 0 Å². The van der Waals surface area contributed by atoms with Gasteiger partial charge in [0.25, 0.3) is 0 Å². The molecule has 0 spiro atoms. The van der Waals surface area contributed by atoms with E-state index in [2.05, 4.69) is 11.9 Å². The van der Waals surface area contributed by atoms with E-state index in [0.29, 0.717) is 6.04 Å². The summed E-state index contributed by atoms with van der Waals surface area (Å²) in [5, 5.41) is 0. The molecule has 0 atom stereocenters. The molecule has 0 bridgehead atoms. The molecule has 0 heterocycles. The summed E-state index contributed by atoms with van der Waals surface area (Å²) in [5.74, 6) is 1.00. The van der Waals surface area contributed by atoms with E-state index in [0.717, 1.165) is 5.92 Å². The van der Waals surface area contributed by atoms with E-state index in [1.165, 1.54) is 32.1 Å². The van der Waals surface area contributed by atoms with Gasteiger partial charge in [0.05, 0.1) is 6.04 Å². The summed E-state index contributed by atoms with van der Waals surface area (Å²) in [5.41, 5.74) is 0. The molecular weight excluding hydrogens is 134 g/mol. The number of aliphatic imine (C=N–C) groups is 1. The van der Waals surface area contributed by atoms with Crippen LogP contribution in [0.4, 0.5) is 0 Å². The van der Waals surface area contributed by atoms with Crippen LogP contribution in [0.15, 0.2) is 4.99 Å². The summed E-state index contributed by atoms with van der Waals surface area (Å²) in [4.78, 5) is 4.36. The molecule has 1 aliphatic carbocycles. The number of nitrogens with zero attached hydrogens (tertiary/aromatic N) is 1. The first-order valence-electron chi connectivity index (χ1n) is 4.84. The van der Waals surface area contributed by atoms with Gasteiger partial charge in [0.1, 0.15) is 0 Å². The Hall–Kier alpha value is -0.330. The zero-order valence-corrected chi connectivity index (χ0v) is 7.71. The maximum Gasteiger partial charge on any atom is 0.0500 e. The van der Waals surface area contributed by atoms with E-state index < -0.39 is 0 Å². The van der Waals surface area contributed by atoms with E-state index in [-0.39, 0.29) is 0 Å². The Kier molecular flexibility index (Phi) is 3.61. The highest BCUT2D eigenvalue weighted by Crippen LogP contribution is 2.33. The van der Waals surface area contributed by atoms with Crippen molar-refractivity contribution in [3.63, 3.8) is 0 Å². The van der Waals surface area contributed by atoms with Crippen molar-refractivity contribution in [1.82, 2.24) is 0 Å². The minimum atomic E-state index is 0.682. The van der Waals surface area contributed by atoms with Gasteiger partial charge in [-0.05, 0) is 31.9 Å². The zero-order valence-electron chi connectivity index (χ0n) is 7.71. The second-order valence-corrected chi connectivity index (χ2v) is 3.54. The second-order valence-electron chi connectivity index (χ2n) is 3.54. The molecule has 1 aliphatic rings. The maximum absolute atomic E-state index is 4.36. The highest BCUT2D eigenvalue weighted by atomic mass is 14.8. The van der Waals surface area contributed by atoms with Crippen molar-refractivity contribution in [2.75, 3.05) is 0 Å². The van der Waals surface area contributed by atoms with Crippen molar-refractivity contribution in [2.24, 2.45) is 10.9 Å². The van der Waals surface area contributed by atoms with Crippen molar-refractivity contribution in [3.8, 4) is 0 Å². The molecule has 0 N–H and O–H groups in total. The average Bonchev–Trinajstić information content (AvgIpc) is 1.94. The molecule has 0 unspecified atom stereocenters. The molecule has 64 valence electrons. The van der Waals surface area contributed by atoms with Gasteiger partial charge in [0.15, 0.2) is 0 Å². The van der Waals surface area contributed by atoms with Crippen LogP contribution < -0.4 is 0 Å². The molecule has 1 fully saturated rings. The molecule has 0 aromatic carbocycles. The number of hydrogen-bond donors (Lipinski definition) is 0. The predicted molar refractivity (Wildman–Crippen MR) is 50.2 cm³/mol. The van der Waals surface area contributed by atoms with Crippen molar-refractivity contribution in [3.05, 3.63) is 0 Å². The Morgan fingerprint density at radius 2 is 2.18 bits per heavy atom. The first-order chi connectivity index (χ1) is 5.36. The van der Waals surface area contributed by atoms with Crippen LogP contribution in [0.5, 0.6) is 0 Å². The predicted octanol–water partition coefficient (Wildman–Crippen LogP) is 3.05. The fourth-order valence-corrected chi connectivity index (χ4v) is 1.76. The largest absolute Gasteiger partial charge is 0.294 e. The summed E-state index contributed by atoms with van der Waals surface area (Å²) >= 11 is 0. The van der Waals surface area contributed by atoms with Gasteiger partial charge in [-0.25, -0.2) is 0 Å². The molecule has 0 radical (unpaired) electrons. The summed E-state index contributed by atoms with van der Waals surface area (Å²) in [7, 11) is 0. The lowest BCUT2D eigenvalue weighted by atomic mass is 9.78. The SMILES string of the molecule is CC=NC1CC(CCCC)C1. The van der Waals surface area contributed by atoms with Crippen LogP contribution in [0.3, 0.4) is 0 Å². The van der Waals surface area contributed by atoms with Gasteiger partial charge in [0.2, 0.25) is 0 Å². The second kappa shape index (κ2) is 4.53. The summed E-state index contributed by atoms with van der Waals surface area (Å²) in [6.07, 6.45) is 8.84. The lowest BCUT2D eigenvalue weighted by molar-refractivity contribution is 0.247. The smallest absolute Gasteiger partial charge is 0.0500 e. The molecule has 1 heteroatoms. The van der Waals surface area contributed by atoms with Crippen LogP contribution in [0.25, 0.3) is 0 Å². The molecular formula is C10H19N. The van der Waals surface area contributed by atoms with Crippen LogP contribution in [-0.2, 0) is 0 Å². The summed E-state index contributed by atoms with van der Waals surface area (Å²) in [6.45, 7) is 4.28. The van der Waals surface area contributed by atoms with Gasteiger partial charge in [-0.3, -0.25) is 4.99 Å². The lowest BCUT2D eigenvalue weighted by Crippen LogP contribution is -2.26. The van der Waals surface area contributed by atoms with E-state index >= 15 is 0 Å². The Morgan fingerprint density at radius 1 is 1.45 bits per heavy atom. The monoisotopic (exact) mass is 153 g/mol. The van der Waals surface area contributed by atoms with Crippen molar-refractivity contribution < 1.29 is 0 Å². The number of unbranched alkanes of at least 4 members (excludes halogenated alkanes) is 1. The summed E-state index contributed by atoms with van der Waals surface area (Å²) in [6, 6.07) is 0.682. The minimum Gasteiger partial charge on any atom is -0.294 e. The highest BCUT2D eigenvalue weighted by molar-refractivity contribution is 5.53. The van der Waals surface area contributed by atoms with Crippen LogP contribution in [0.2, 0.25) is 0 Å². The third kappa shape index (κ3) is 2.64. The maximum atomic E-state index is 4.36. The van der Waals surface area contributed by atoms with Gasteiger partial charge >= 0.3 is 0 Å². The van der Waals surface area contributed by atoms with Gasteiger partial charge in [-0.15, -0.1) is 0 Å². The zero-order chi connectivity index (χ0) is 8.10. The van der Waals surface area contributed by atoms with Crippen LogP contribution >= 0.6 is 0 Å². The molecule has 1 saturated carbocycles. The van der Waals surface area contributed by atoms with Gasteiger partial charge in [0, 0.05) is 0 Å². The molecule has 0 aromatic rings. The standard InChI is InChI=1S/C10H19N/c1-3-5-6-9-7-10(8-9)11-4-2/h4,9-10H,3,5-8H2,1-2H3. The normalized spacial score (nSPS) is 30.7. The molecule has 0 saturated heterocycles. The third-order valence-electron chi connectivity index (χ3n) is 2.54. The van der Waals surface area contributed by atoms with E-state index in [9.17, 15) is 0 Å². The number of hydrogen-bond acceptors (Lipinski definition) is 1. The molecule has 1 rings (SSSR count). The fourth-order valence-electron chi connectivity index (χ4n) is 1.76. The Balaban J connectivity index is 2.00. The van der Waals surface area contributed by atoms with Crippen LogP contribution in [-0.4, -0.2) is 12.3 Å². The van der Waals surface area contributed by atoms with E-state index in [1.807, 2.05) is 13.1 Å². The molecule has 11 heavy (non-hydrogen) atoms. The topological polar surface area (TPSA) is 12.4 Å². The lowest BCUT2D eigenvalue weighted by Gasteiger charge is -2.32. The number of rotatable bonds is 4. The van der Waals surface area contributed by atoms with Crippen LogP contribution in [0, 0.1) is 5.92 Å². The Bertz CT molecular complexity index is 123. The average molecular weight is 153 g/mol. The minimum absolute atomic E-state index is 0.682. The van der Waals surface area contributed by atoms with E-state index in [4.69, 9.17) is 0 Å². The quantitative estimate of drug-likeness (QED) is 0.550. The van der Waals surface area contributed by atoms with Crippen molar-refractivity contribution in [2.45, 2.75) is 52.0 Å². The van der Waals surface area contributed by atoms with Crippen molar-refractivity contribution in [1.29, 1.82) is 0 Å². The molecule has 0 amide bonds. The summed E-state index contributed by atoms with van der Waals surface area (Å²) < 4.78 is 0. The van der Waals surface area contributed by atoms with Gasteiger partial charge < -0.3 is 0 Å². The first-order valence-corrected chi connectivity index (χ1v) is 4.84. The highest BCUT2D eigenvalue weighted by Gasteiger charge is 2.26. The fraction of sp³-hybridized carbons (Fsp3) is 0.900. The molecule has 1 nitrogen and oxygen atoms in total. The third-order valence-corrected chi connectivity index (χ3v) is 2.54. The Labute approximate surface area is 69.9 Å². The Morgan fingerprint density at radius 3 is 2.73 bits per heavy atom. The molecule has 0 aliphatic heterocycles. The first kappa shape index (κ1) is 8.76. The molecule has 0 aromatic heterocycles. The van der Waals surface area contributed by atoms with Gasteiger partial charge in [-0.1, -0.05) is 26.2 Å².